The number of esters is 1. The maximum atomic E-state index is 12.4. The Bertz CT molecular complexity index is 871. The number of nitriles is 1. The van der Waals surface area contributed by atoms with E-state index in [1.54, 1.807) is 24.3 Å². The molecule has 0 amide bonds. The van der Waals surface area contributed by atoms with Crippen molar-refractivity contribution in [2.24, 2.45) is 16.1 Å². The van der Waals surface area contributed by atoms with Crippen molar-refractivity contribution in [2.45, 2.75) is 25.0 Å². The summed E-state index contributed by atoms with van der Waals surface area (Å²) < 4.78 is 16.0. The van der Waals surface area contributed by atoms with Gasteiger partial charge in [0.15, 0.2) is 0 Å². The van der Waals surface area contributed by atoms with Gasteiger partial charge in [0.25, 0.3) is 5.54 Å². The number of carbonyl (C=O) groups is 1. The fraction of sp³-hybridized carbons (Fsp3) is 0.364. The van der Waals surface area contributed by atoms with Gasteiger partial charge in [-0.1, -0.05) is 30.3 Å². The molecule has 0 N–H and O–H groups in total. The Balaban J connectivity index is 1.72. The first kappa shape index (κ1) is 20.5. The molecule has 3 rings (SSSR count). The molecule has 1 fully saturated rings. The van der Waals surface area contributed by atoms with Crippen LogP contribution < -0.4 is 4.74 Å². The minimum absolute atomic E-state index is 0.300. The van der Waals surface area contributed by atoms with E-state index in [1.165, 1.54) is 7.11 Å². The van der Waals surface area contributed by atoms with Crippen molar-refractivity contribution >= 4 is 11.7 Å². The number of rotatable bonds is 7. The van der Waals surface area contributed by atoms with Crippen LogP contribution in [0.15, 0.2) is 64.8 Å². The molecule has 1 saturated heterocycles. The predicted octanol–water partition coefficient (Wildman–Crippen LogP) is 4.21. The fourth-order valence-electron chi connectivity index (χ4n) is 3.21. The second-order valence-corrected chi connectivity index (χ2v) is 6.72. The SMILES string of the molecule is COC(=O)C(C#N)(/N=N/c1ccc(OCc2ccccc2)cc1)C1CCOCC1. The van der Waals surface area contributed by atoms with E-state index in [-0.39, 0.29) is 5.92 Å². The highest BCUT2D eigenvalue weighted by molar-refractivity contribution is 5.85. The molecule has 0 radical (unpaired) electrons. The second-order valence-electron chi connectivity index (χ2n) is 6.72. The van der Waals surface area contributed by atoms with E-state index in [9.17, 15) is 10.1 Å². The highest BCUT2D eigenvalue weighted by Gasteiger charge is 2.49. The van der Waals surface area contributed by atoms with Crippen LogP contribution in [0.25, 0.3) is 0 Å². The first-order valence-corrected chi connectivity index (χ1v) is 9.45. The molecule has 0 aliphatic carbocycles. The number of hydrogen-bond acceptors (Lipinski definition) is 7. The van der Waals surface area contributed by atoms with Crippen LogP contribution in [0.1, 0.15) is 18.4 Å². The van der Waals surface area contributed by atoms with Gasteiger partial charge in [-0.25, -0.2) is 4.79 Å². The zero-order chi connectivity index (χ0) is 20.5. The Kier molecular flexibility index (Phi) is 6.93. The summed E-state index contributed by atoms with van der Waals surface area (Å²) >= 11 is 0. The van der Waals surface area contributed by atoms with Crippen LogP contribution in [0, 0.1) is 17.2 Å². The Hall–Kier alpha value is -3.24. The van der Waals surface area contributed by atoms with Gasteiger partial charge in [-0.15, -0.1) is 0 Å². The first-order chi connectivity index (χ1) is 14.2. The van der Waals surface area contributed by atoms with Gasteiger partial charge in [-0.05, 0) is 42.7 Å². The van der Waals surface area contributed by atoms with Crippen LogP contribution in [0.5, 0.6) is 5.75 Å². The van der Waals surface area contributed by atoms with Gasteiger partial charge in [0.05, 0.1) is 12.8 Å². The van der Waals surface area contributed by atoms with Crippen LogP contribution in [0.4, 0.5) is 5.69 Å². The lowest BCUT2D eigenvalue weighted by atomic mass is 9.80. The van der Waals surface area contributed by atoms with E-state index in [1.807, 2.05) is 36.4 Å². The number of azo groups is 1. The number of methoxy groups -OCH3 is 1. The Morgan fingerprint density at radius 2 is 1.86 bits per heavy atom. The first-order valence-electron chi connectivity index (χ1n) is 9.45. The molecular formula is C22H23N3O4. The summed E-state index contributed by atoms with van der Waals surface area (Å²) in [6.45, 7) is 1.42. The second kappa shape index (κ2) is 9.80. The molecule has 1 aliphatic heterocycles. The summed E-state index contributed by atoms with van der Waals surface area (Å²) in [5, 5.41) is 18.1. The molecule has 2 aromatic carbocycles. The van der Waals surface area contributed by atoms with E-state index in [0.29, 0.717) is 44.1 Å². The lowest BCUT2D eigenvalue weighted by molar-refractivity contribution is -0.148. The lowest BCUT2D eigenvalue weighted by Gasteiger charge is -2.30. The Morgan fingerprint density at radius 1 is 1.17 bits per heavy atom. The summed E-state index contributed by atoms with van der Waals surface area (Å²) in [6.07, 6.45) is 1.10. The standard InChI is InChI=1S/C22H23N3O4/c1-27-21(26)22(16-23,18-11-13-28-14-12-18)25-24-19-7-9-20(10-8-19)29-15-17-5-3-2-4-6-17/h2-10,18H,11-15H2,1H3/b25-24+. The largest absolute Gasteiger partial charge is 0.489 e. The summed E-state index contributed by atoms with van der Waals surface area (Å²) in [5.41, 5.74) is -0.0710. The highest BCUT2D eigenvalue weighted by Crippen LogP contribution is 2.33. The van der Waals surface area contributed by atoms with Crippen LogP contribution in [0.3, 0.4) is 0 Å². The van der Waals surface area contributed by atoms with Gasteiger partial charge in [0, 0.05) is 19.1 Å². The Labute approximate surface area is 169 Å². The number of benzene rings is 2. The molecule has 1 atom stereocenters. The number of carbonyl (C=O) groups excluding carboxylic acids is 1. The molecule has 0 bridgehead atoms. The van der Waals surface area contributed by atoms with E-state index in [0.717, 1.165) is 5.56 Å². The molecule has 7 heteroatoms. The smallest absolute Gasteiger partial charge is 0.350 e. The third-order valence-corrected chi connectivity index (χ3v) is 4.89. The molecule has 0 aromatic heterocycles. The van der Waals surface area contributed by atoms with Crippen LogP contribution in [-0.2, 0) is 20.9 Å². The molecule has 150 valence electrons. The molecule has 0 spiro atoms. The van der Waals surface area contributed by atoms with E-state index in [4.69, 9.17) is 14.2 Å². The van der Waals surface area contributed by atoms with Crippen molar-refractivity contribution in [3.8, 4) is 11.8 Å². The summed E-state index contributed by atoms with van der Waals surface area (Å²) in [5.74, 6) is -0.304. The summed E-state index contributed by atoms with van der Waals surface area (Å²) in [4.78, 5) is 12.4. The van der Waals surface area contributed by atoms with Gasteiger partial charge in [-0.2, -0.15) is 15.5 Å². The molecule has 1 heterocycles. The zero-order valence-corrected chi connectivity index (χ0v) is 16.3. The van der Waals surface area contributed by atoms with Crippen molar-refractivity contribution in [3.05, 3.63) is 60.2 Å². The third-order valence-electron chi connectivity index (χ3n) is 4.89. The van der Waals surface area contributed by atoms with E-state index >= 15 is 0 Å². The maximum Gasteiger partial charge on any atom is 0.350 e. The molecule has 7 nitrogen and oxygen atoms in total. The van der Waals surface area contributed by atoms with Crippen molar-refractivity contribution in [2.75, 3.05) is 20.3 Å². The molecular weight excluding hydrogens is 370 g/mol. The average molecular weight is 393 g/mol. The van der Waals surface area contributed by atoms with Crippen LogP contribution in [0.2, 0.25) is 0 Å². The quantitative estimate of drug-likeness (QED) is 0.519. The van der Waals surface area contributed by atoms with Gasteiger partial charge in [0.1, 0.15) is 18.4 Å². The highest BCUT2D eigenvalue weighted by atomic mass is 16.5. The van der Waals surface area contributed by atoms with E-state index < -0.39 is 11.5 Å². The van der Waals surface area contributed by atoms with Crippen molar-refractivity contribution < 1.29 is 19.0 Å². The van der Waals surface area contributed by atoms with Gasteiger partial charge < -0.3 is 14.2 Å². The molecule has 1 unspecified atom stereocenters. The van der Waals surface area contributed by atoms with Crippen LogP contribution in [-0.4, -0.2) is 31.8 Å². The normalized spacial score (nSPS) is 16.7. The van der Waals surface area contributed by atoms with Crippen molar-refractivity contribution in [1.82, 2.24) is 0 Å². The number of hydrogen-bond donors (Lipinski definition) is 0. The Morgan fingerprint density at radius 3 is 2.48 bits per heavy atom. The molecule has 0 saturated carbocycles. The topological polar surface area (TPSA) is 93.3 Å². The zero-order valence-electron chi connectivity index (χ0n) is 16.3. The lowest BCUT2D eigenvalue weighted by Crippen LogP contribution is -2.45. The molecule has 29 heavy (non-hydrogen) atoms. The van der Waals surface area contributed by atoms with Crippen molar-refractivity contribution in [3.63, 3.8) is 0 Å². The average Bonchev–Trinajstić information content (AvgIpc) is 2.80. The minimum Gasteiger partial charge on any atom is -0.489 e. The third kappa shape index (κ3) is 4.98. The van der Waals surface area contributed by atoms with E-state index in [2.05, 4.69) is 10.2 Å². The predicted molar refractivity (Wildman–Crippen MR) is 106 cm³/mol. The monoisotopic (exact) mass is 393 g/mol. The summed E-state index contributed by atoms with van der Waals surface area (Å²) in [7, 11) is 1.25. The number of ether oxygens (including phenoxy) is 3. The maximum absolute atomic E-state index is 12.4. The number of nitrogens with zero attached hydrogens (tertiary/aromatic N) is 3. The van der Waals surface area contributed by atoms with Crippen molar-refractivity contribution in [1.29, 1.82) is 5.26 Å². The van der Waals surface area contributed by atoms with Gasteiger partial charge >= 0.3 is 5.97 Å². The van der Waals surface area contributed by atoms with Crippen LogP contribution >= 0.6 is 0 Å². The summed E-state index contributed by atoms with van der Waals surface area (Å²) in [6, 6.07) is 18.9. The molecule has 1 aliphatic rings. The fourth-order valence-corrected chi connectivity index (χ4v) is 3.21. The minimum atomic E-state index is -1.67. The van der Waals surface area contributed by atoms with Gasteiger partial charge in [-0.3, -0.25) is 0 Å². The van der Waals surface area contributed by atoms with Gasteiger partial charge in [0.2, 0.25) is 0 Å². The molecule has 2 aromatic rings.